The van der Waals surface area contributed by atoms with Gasteiger partial charge >= 0.3 is 0 Å². The lowest BCUT2D eigenvalue weighted by Gasteiger charge is -2.42. The van der Waals surface area contributed by atoms with Gasteiger partial charge in [-0.1, -0.05) is 0 Å². The van der Waals surface area contributed by atoms with Gasteiger partial charge in [0, 0.05) is 6.42 Å². The Morgan fingerprint density at radius 2 is 1.65 bits per heavy atom. The molecule has 0 bridgehead atoms. The van der Waals surface area contributed by atoms with Crippen LogP contribution in [0.5, 0.6) is 0 Å². The summed E-state index contributed by atoms with van der Waals surface area (Å²) < 4.78 is 15.7. The molecular weight excluding hydrogens is 358 g/mol. The Bertz CT molecular complexity index is 443. The van der Waals surface area contributed by atoms with Gasteiger partial charge in [-0.05, 0) is 0 Å². The maximum absolute atomic E-state index is 10.00. The van der Waals surface area contributed by atoms with Crippen molar-refractivity contribution in [2.45, 2.75) is 73.9 Å². The van der Waals surface area contributed by atoms with Crippen LogP contribution in [0.2, 0.25) is 0 Å². The maximum Gasteiger partial charge on any atom is 0.184 e. The number of aliphatic hydroxyl groups is 8. The fraction of sp³-hybridized carbons (Fsp3) is 1.00. The molecule has 2 aliphatic heterocycles. The zero-order chi connectivity index (χ0) is 19.6. The van der Waals surface area contributed by atoms with Crippen LogP contribution in [0.25, 0.3) is 0 Å². The molecule has 12 nitrogen and oxygen atoms in total. The highest BCUT2D eigenvalue weighted by Gasteiger charge is 2.45. The molecule has 0 radical (unpaired) electrons. The van der Waals surface area contributed by atoms with Crippen LogP contribution < -0.4 is 5.73 Å². The van der Waals surface area contributed by atoms with Crippen molar-refractivity contribution in [3.63, 3.8) is 0 Å². The van der Waals surface area contributed by atoms with E-state index in [2.05, 4.69) is 0 Å². The van der Waals surface area contributed by atoms with E-state index in [1.54, 1.807) is 0 Å². The predicted molar refractivity (Wildman–Crippen MR) is 81.2 cm³/mol. The summed E-state index contributed by atoms with van der Waals surface area (Å²) in [6, 6.07) is -1.04. The van der Waals surface area contributed by atoms with E-state index in [0.717, 1.165) is 0 Å². The van der Waals surface area contributed by atoms with Crippen LogP contribution in [0, 0.1) is 0 Å². The van der Waals surface area contributed by atoms with Gasteiger partial charge < -0.3 is 60.8 Å². The third-order valence-electron chi connectivity index (χ3n) is 4.62. The Morgan fingerprint density at radius 3 is 2.27 bits per heavy atom. The molecule has 12 heteroatoms. The van der Waals surface area contributed by atoms with Crippen molar-refractivity contribution < 1.29 is 55.1 Å². The lowest BCUT2D eigenvalue weighted by molar-refractivity contribution is -0.306. The first-order valence-electron chi connectivity index (χ1n) is 8.22. The van der Waals surface area contributed by atoms with Gasteiger partial charge in [0.05, 0.1) is 25.4 Å². The van der Waals surface area contributed by atoms with Crippen molar-refractivity contribution in [3.8, 4) is 0 Å². The van der Waals surface area contributed by atoms with Gasteiger partial charge in [0.1, 0.15) is 42.7 Å². The molecule has 2 heterocycles. The Kier molecular flexibility index (Phi) is 7.67. The summed E-state index contributed by atoms with van der Waals surface area (Å²) in [7, 11) is 0. The van der Waals surface area contributed by atoms with Crippen molar-refractivity contribution >= 4 is 0 Å². The molecule has 154 valence electrons. The molecule has 0 amide bonds. The molecule has 2 saturated heterocycles. The van der Waals surface area contributed by atoms with Crippen LogP contribution in [0.15, 0.2) is 0 Å². The first-order chi connectivity index (χ1) is 12.2. The summed E-state index contributed by atoms with van der Waals surface area (Å²) in [5, 5.41) is 76.8. The molecule has 2 fully saturated rings. The smallest absolute Gasteiger partial charge is 0.184 e. The van der Waals surface area contributed by atoms with E-state index in [9.17, 15) is 35.7 Å². The predicted octanol–water partition coefficient (Wildman–Crippen LogP) is -5.68. The summed E-state index contributed by atoms with van der Waals surface area (Å²) in [6.07, 6.45) is -14.5. The average Bonchev–Trinajstić information content (AvgIpc) is 2.63. The zero-order valence-electron chi connectivity index (χ0n) is 13.9. The van der Waals surface area contributed by atoms with Crippen LogP contribution in [-0.4, -0.2) is 122 Å². The molecule has 10 N–H and O–H groups in total. The molecule has 26 heavy (non-hydrogen) atoms. The third kappa shape index (κ3) is 4.67. The molecule has 7 unspecified atom stereocenters. The van der Waals surface area contributed by atoms with Crippen LogP contribution in [0.1, 0.15) is 6.42 Å². The fourth-order valence-corrected chi connectivity index (χ4v) is 2.91. The van der Waals surface area contributed by atoms with E-state index in [1.165, 1.54) is 0 Å². The van der Waals surface area contributed by atoms with Crippen molar-refractivity contribution in [2.75, 3.05) is 13.2 Å². The number of nitrogens with two attached hydrogens (primary N) is 1. The summed E-state index contributed by atoms with van der Waals surface area (Å²) in [5.74, 6) is 0. The summed E-state index contributed by atoms with van der Waals surface area (Å²) in [6.45, 7) is -1.12. The molecule has 0 aromatic heterocycles. The summed E-state index contributed by atoms with van der Waals surface area (Å²) in [4.78, 5) is 0. The number of hydrogen-bond donors (Lipinski definition) is 9. The number of ether oxygens (including phenoxy) is 3. The fourth-order valence-electron chi connectivity index (χ4n) is 2.91. The first kappa shape index (κ1) is 21.8. The van der Waals surface area contributed by atoms with Gasteiger partial charge in [0.15, 0.2) is 12.6 Å². The highest BCUT2D eigenvalue weighted by Crippen LogP contribution is 2.25. The SMILES string of the molecule is N[C@@H]1C(O)C[C@@H](OCC2O[C@@H](O)C(O)C(O)[C@H]2O)OC1C(O)C(O)CO. The van der Waals surface area contributed by atoms with Crippen molar-refractivity contribution in [3.05, 3.63) is 0 Å². The van der Waals surface area contributed by atoms with E-state index in [1.807, 2.05) is 0 Å². The van der Waals surface area contributed by atoms with Crippen molar-refractivity contribution in [1.82, 2.24) is 0 Å². The second kappa shape index (κ2) is 9.14. The topological polar surface area (TPSA) is 216 Å². The Morgan fingerprint density at radius 1 is 1.00 bits per heavy atom. The van der Waals surface area contributed by atoms with Gasteiger partial charge in [-0.15, -0.1) is 0 Å². The Labute approximate surface area is 149 Å². The van der Waals surface area contributed by atoms with Crippen LogP contribution in [-0.2, 0) is 14.2 Å². The summed E-state index contributed by atoms with van der Waals surface area (Å²) in [5.41, 5.74) is 5.75. The minimum Gasteiger partial charge on any atom is -0.394 e. The normalized spacial score (nSPS) is 46.7. The highest BCUT2D eigenvalue weighted by molar-refractivity contribution is 4.93. The average molecular weight is 385 g/mol. The molecule has 0 aromatic carbocycles. The van der Waals surface area contributed by atoms with E-state index in [-0.39, 0.29) is 13.0 Å². The molecule has 0 aliphatic carbocycles. The largest absolute Gasteiger partial charge is 0.394 e. The minimum atomic E-state index is -1.72. The Balaban J connectivity index is 1.94. The van der Waals surface area contributed by atoms with E-state index >= 15 is 0 Å². The first-order valence-corrected chi connectivity index (χ1v) is 8.22. The van der Waals surface area contributed by atoms with E-state index in [4.69, 9.17) is 25.1 Å². The number of rotatable bonds is 6. The quantitative estimate of drug-likeness (QED) is 0.209. The van der Waals surface area contributed by atoms with Gasteiger partial charge in [-0.3, -0.25) is 0 Å². The van der Waals surface area contributed by atoms with Crippen molar-refractivity contribution in [2.24, 2.45) is 5.73 Å². The molecule has 11 atom stereocenters. The highest BCUT2D eigenvalue weighted by atomic mass is 16.7. The van der Waals surface area contributed by atoms with Crippen molar-refractivity contribution in [1.29, 1.82) is 0 Å². The number of hydrogen-bond acceptors (Lipinski definition) is 12. The van der Waals surface area contributed by atoms with Gasteiger partial charge in [0.2, 0.25) is 0 Å². The zero-order valence-corrected chi connectivity index (χ0v) is 13.9. The Hall–Kier alpha value is -0.480. The molecular formula is C14H27NO11. The minimum absolute atomic E-state index is 0.0871. The molecule has 2 rings (SSSR count). The van der Waals surface area contributed by atoms with Crippen LogP contribution >= 0.6 is 0 Å². The molecule has 0 saturated carbocycles. The van der Waals surface area contributed by atoms with Gasteiger partial charge in [-0.25, -0.2) is 0 Å². The molecule has 0 spiro atoms. The monoisotopic (exact) mass is 385 g/mol. The molecule has 0 aromatic rings. The van der Waals surface area contributed by atoms with Crippen LogP contribution in [0.4, 0.5) is 0 Å². The second-order valence-electron chi connectivity index (χ2n) is 6.52. The lowest BCUT2D eigenvalue weighted by atomic mass is 9.93. The second-order valence-corrected chi connectivity index (χ2v) is 6.52. The molecule has 2 aliphatic rings. The van der Waals surface area contributed by atoms with Gasteiger partial charge in [-0.2, -0.15) is 0 Å². The standard InChI is InChI=1S/C14H27NO11/c15-8-4(17)1-7(26-13(8)9(19)5(18)2-16)24-3-6-10(20)11(21)12(22)14(23)25-6/h4-14,16-23H,1-3,15H2/t4?,5?,6?,7-,8+,9?,10-,11?,12?,13?,14+/m0/s1. The summed E-state index contributed by atoms with van der Waals surface area (Å²) >= 11 is 0. The van der Waals surface area contributed by atoms with E-state index in [0.29, 0.717) is 0 Å². The number of aliphatic hydroxyl groups excluding tert-OH is 8. The maximum atomic E-state index is 10.00. The van der Waals surface area contributed by atoms with Gasteiger partial charge in [0.25, 0.3) is 0 Å². The van der Waals surface area contributed by atoms with E-state index < -0.39 is 74.1 Å². The lowest BCUT2D eigenvalue weighted by Crippen LogP contribution is -2.61. The third-order valence-corrected chi connectivity index (χ3v) is 4.62. The van der Waals surface area contributed by atoms with Crippen LogP contribution in [0.3, 0.4) is 0 Å².